The van der Waals surface area contributed by atoms with Crippen LogP contribution in [0.4, 0.5) is 0 Å². The number of rotatable bonds is 5. The molecule has 0 amide bonds. The molecular weight excluding hydrogens is 302 g/mol. The van der Waals surface area contributed by atoms with E-state index in [1.165, 1.54) is 6.33 Å². The minimum atomic E-state index is -3.56. The Morgan fingerprint density at radius 1 is 1.41 bits per heavy atom. The van der Waals surface area contributed by atoms with E-state index in [1.807, 2.05) is 20.0 Å². The number of hydrogen-bond donors (Lipinski definition) is 2. The second kappa shape index (κ2) is 5.54. The summed E-state index contributed by atoms with van der Waals surface area (Å²) in [4.78, 5) is 7.20. The minimum absolute atomic E-state index is 0.0700. The van der Waals surface area contributed by atoms with E-state index in [2.05, 4.69) is 19.8 Å². The summed E-state index contributed by atoms with van der Waals surface area (Å²) in [6, 6.07) is 4.74. The van der Waals surface area contributed by atoms with Gasteiger partial charge in [-0.1, -0.05) is 0 Å². The van der Waals surface area contributed by atoms with Crippen LogP contribution in [-0.2, 0) is 10.0 Å². The van der Waals surface area contributed by atoms with E-state index in [0.717, 1.165) is 11.1 Å². The smallest absolute Gasteiger partial charge is 0.240 e. The number of imidazole rings is 1. The maximum atomic E-state index is 12.4. The van der Waals surface area contributed by atoms with E-state index in [9.17, 15) is 8.42 Å². The predicted molar refractivity (Wildman–Crippen MR) is 83.0 cm³/mol. The Kier molecular flexibility index (Phi) is 3.71. The van der Waals surface area contributed by atoms with Gasteiger partial charge in [-0.25, -0.2) is 18.1 Å². The fraction of sp³-hybridized carbons (Fsp3) is 0.286. The van der Waals surface area contributed by atoms with Crippen molar-refractivity contribution in [3.63, 3.8) is 0 Å². The third-order valence-electron chi connectivity index (χ3n) is 3.45. The van der Waals surface area contributed by atoms with E-state index in [0.29, 0.717) is 5.52 Å². The lowest BCUT2D eigenvalue weighted by molar-refractivity contribution is 0.479. The van der Waals surface area contributed by atoms with Gasteiger partial charge in [0, 0.05) is 12.7 Å². The summed E-state index contributed by atoms with van der Waals surface area (Å²) in [5, 5.41) is 4.19. The average molecular weight is 319 g/mol. The Bertz CT molecular complexity index is 897. The molecule has 8 heteroatoms. The molecule has 3 aromatic rings. The number of aryl methyl sites for hydroxylation is 1. The molecule has 7 nitrogen and oxygen atoms in total. The fourth-order valence-corrected chi connectivity index (χ4v) is 3.31. The van der Waals surface area contributed by atoms with E-state index in [1.54, 1.807) is 29.1 Å². The molecule has 0 spiro atoms. The second-order valence-corrected chi connectivity index (χ2v) is 7.05. The third-order valence-corrected chi connectivity index (χ3v) is 4.87. The first-order valence-electron chi connectivity index (χ1n) is 6.89. The Hall–Kier alpha value is -2.19. The summed E-state index contributed by atoms with van der Waals surface area (Å²) in [6.07, 6.45) is 5.17. The molecule has 0 saturated carbocycles. The molecule has 0 radical (unpaired) electrons. The molecule has 0 fully saturated rings. The van der Waals surface area contributed by atoms with Gasteiger partial charge in [0.25, 0.3) is 0 Å². The van der Waals surface area contributed by atoms with Crippen molar-refractivity contribution in [2.45, 2.75) is 24.8 Å². The third kappa shape index (κ3) is 2.88. The number of hydrogen-bond acceptors (Lipinski definition) is 4. The quantitative estimate of drug-likeness (QED) is 0.747. The first-order valence-corrected chi connectivity index (χ1v) is 8.37. The molecule has 2 heterocycles. The van der Waals surface area contributed by atoms with Crippen LogP contribution in [-0.4, -0.2) is 34.7 Å². The highest BCUT2D eigenvalue weighted by Crippen LogP contribution is 2.16. The highest BCUT2D eigenvalue weighted by Gasteiger charge is 2.17. The highest BCUT2D eigenvalue weighted by molar-refractivity contribution is 7.89. The summed E-state index contributed by atoms with van der Waals surface area (Å²) < 4.78 is 29.1. The maximum Gasteiger partial charge on any atom is 0.240 e. The molecular formula is C14H17N5O2S. The number of nitrogens with zero attached hydrogens (tertiary/aromatic N) is 3. The summed E-state index contributed by atoms with van der Waals surface area (Å²) in [6.45, 7) is 4.12. The lowest BCUT2D eigenvalue weighted by Crippen LogP contribution is -2.29. The SMILES string of the molecule is Cc1cnn(C(C)CNS(=O)(=O)c2ccc3nc[nH]c3c2)c1. The first-order chi connectivity index (χ1) is 10.5. The monoisotopic (exact) mass is 319 g/mol. The van der Waals surface area contributed by atoms with Crippen molar-refractivity contribution in [3.05, 3.63) is 42.5 Å². The zero-order valence-electron chi connectivity index (χ0n) is 12.3. The average Bonchev–Trinajstić information content (AvgIpc) is 3.12. The molecule has 116 valence electrons. The molecule has 0 aliphatic heterocycles. The standard InChI is InChI=1S/C14H17N5O2S/c1-10-6-17-19(8-10)11(2)7-18-22(20,21)12-3-4-13-14(5-12)16-9-15-13/h3-6,8-9,11,18H,7H2,1-2H3,(H,15,16). The van der Waals surface area contributed by atoms with Gasteiger partial charge in [0.1, 0.15) is 0 Å². The van der Waals surface area contributed by atoms with E-state index in [4.69, 9.17) is 0 Å². The first kappa shape index (κ1) is 14.7. The Morgan fingerprint density at radius 3 is 2.95 bits per heavy atom. The zero-order valence-corrected chi connectivity index (χ0v) is 13.1. The highest BCUT2D eigenvalue weighted by atomic mass is 32.2. The number of H-pyrrole nitrogens is 1. The number of aromatic amines is 1. The lowest BCUT2D eigenvalue weighted by atomic mass is 10.3. The van der Waals surface area contributed by atoms with Gasteiger partial charge >= 0.3 is 0 Å². The van der Waals surface area contributed by atoms with Gasteiger partial charge in [-0.3, -0.25) is 4.68 Å². The van der Waals surface area contributed by atoms with Gasteiger partial charge in [-0.05, 0) is 37.6 Å². The van der Waals surface area contributed by atoms with Crippen molar-refractivity contribution in [1.82, 2.24) is 24.5 Å². The molecule has 22 heavy (non-hydrogen) atoms. The lowest BCUT2D eigenvalue weighted by Gasteiger charge is -2.13. The molecule has 0 bridgehead atoms. The number of benzene rings is 1. The second-order valence-electron chi connectivity index (χ2n) is 5.28. The number of fused-ring (bicyclic) bond motifs is 1. The molecule has 1 aromatic carbocycles. The van der Waals surface area contributed by atoms with Crippen LogP contribution < -0.4 is 4.72 Å². The molecule has 0 saturated heterocycles. The topological polar surface area (TPSA) is 92.7 Å². The molecule has 2 N–H and O–H groups in total. The largest absolute Gasteiger partial charge is 0.345 e. The van der Waals surface area contributed by atoms with Crippen LogP contribution in [0.5, 0.6) is 0 Å². The van der Waals surface area contributed by atoms with Crippen LogP contribution in [0.1, 0.15) is 18.5 Å². The van der Waals surface area contributed by atoms with E-state index < -0.39 is 10.0 Å². The van der Waals surface area contributed by atoms with Crippen LogP contribution in [0.15, 0.2) is 41.8 Å². The van der Waals surface area contributed by atoms with Gasteiger partial charge in [0.2, 0.25) is 10.0 Å². The van der Waals surface area contributed by atoms with E-state index in [-0.39, 0.29) is 17.5 Å². The van der Waals surface area contributed by atoms with E-state index >= 15 is 0 Å². The molecule has 1 unspecified atom stereocenters. The van der Waals surface area contributed by atoms with Gasteiger partial charge in [-0.2, -0.15) is 5.10 Å². The summed E-state index contributed by atoms with van der Waals surface area (Å²) in [5.41, 5.74) is 2.47. The molecule has 0 aliphatic carbocycles. The summed E-state index contributed by atoms with van der Waals surface area (Å²) in [5.74, 6) is 0. The van der Waals surface area contributed by atoms with Gasteiger partial charge in [-0.15, -0.1) is 0 Å². The predicted octanol–water partition coefficient (Wildman–Crippen LogP) is 1.61. The molecule has 2 aromatic heterocycles. The molecule has 1 atom stereocenters. The van der Waals surface area contributed by atoms with Crippen LogP contribution >= 0.6 is 0 Å². The normalized spacial score (nSPS) is 13.5. The van der Waals surface area contributed by atoms with Crippen molar-refractivity contribution in [2.75, 3.05) is 6.54 Å². The zero-order chi connectivity index (χ0) is 15.7. The van der Waals surface area contributed by atoms with Gasteiger partial charge in [0.05, 0.1) is 34.5 Å². The Morgan fingerprint density at radius 2 is 2.23 bits per heavy atom. The van der Waals surface area contributed by atoms with Crippen molar-refractivity contribution < 1.29 is 8.42 Å². The van der Waals surface area contributed by atoms with Gasteiger partial charge < -0.3 is 4.98 Å². The molecule has 0 aliphatic rings. The Balaban J connectivity index is 1.75. The summed E-state index contributed by atoms with van der Waals surface area (Å²) in [7, 11) is -3.56. The van der Waals surface area contributed by atoms with Gasteiger partial charge in [0.15, 0.2) is 0 Å². The van der Waals surface area contributed by atoms with Crippen LogP contribution in [0.25, 0.3) is 11.0 Å². The number of sulfonamides is 1. The van der Waals surface area contributed by atoms with Crippen molar-refractivity contribution in [3.8, 4) is 0 Å². The summed E-state index contributed by atoms with van der Waals surface area (Å²) >= 11 is 0. The minimum Gasteiger partial charge on any atom is -0.345 e. The van der Waals surface area contributed by atoms with Crippen LogP contribution in [0.3, 0.4) is 0 Å². The van der Waals surface area contributed by atoms with Crippen molar-refractivity contribution in [1.29, 1.82) is 0 Å². The fourth-order valence-electron chi connectivity index (χ4n) is 2.16. The number of nitrogens with one attached hydrogen (secondary N) is 2. The van der Waals surface area contributed by atoms with Crippen molar-refractivity contribution in [2.24, 2.45) is 0 Å². The molecule has 3 rings (SSSR count). The maximum absolute atomic E-state index is 12.4. The van der Waals surface area contributed by atoms with Crippen LogP contribution in [0, 0.1) is 6.92 Å². The number of aromatic nitrogens is 4. The van der Waals surface area contributed by atoms with Crippen molar-refractivity contribution >= 4 is 21.1 Å². The Labute approximate surface area is 128 Å². The van der Waals surface area contributed by atoms with Crippen LogP contribution in [0.2, 0.25) is 0 Å².